The minimum atomic E-state index is -4.66. The molecule has 0 spiro atoms. The molecule has 1 aliphatic heterocycles. The first kappa shape index (κ1) is 36.3. The normalized spacial score (nSPS) is 13.3. The summed E-state index contributed by atoms with van der Waals surface area (Å²) >= 11 is 7.14. The van der Waals surface area contributed by atoms with Crippen molar-refractivity contribution in [2.45, 2.75) is 37.6 Å². The number of aliphatic carboxylic acids is 1. The summed E-state index contributed by atoms with van der Waals surface area (Å²) in [5.74, 6) is -1.68. The Morgan fingerprint density at radius 2 is 1.75 bits per heavy atom. The number of amides is 3. The van der Waals surface area contributed by atoms with E-state index < -0.39 is 41.1 Å². The van der Waals surface area contributed by atoms with Crippen molar-refractivity contribution in [3.63, 3.8) is 0 Å². The van der Waals surface area contributed by atoms with Crippen molar-refractivity contribution in [3.8, 4) is 0 Å². The molecule has 0 saturated carbocycles. The first-order chi connectivity index (χ1) is 22.9. The fourth-order valence-corrected chi connectivity index (χ4v) is 5.97. The summed E-state index contributed by atoms with van der Waals surface area (Å²) in [6.07, 6.45) is -0.340. The maximum absolute atomic E-state index is 13.4. The van der Waals surface area contributed by atoms with Gasteiger partial charge in [-0.3, -0.25) is 19.2 Å². The van der Waals surface area contributed by atoms with Crippen LogP contribution >= 0.6 is 23.4 Å². The van der Waals surface area contributed by atoms with Crippen LogP contribution in [-0.4, -0.2) is 60.4 Å². The molecular weight excluding hydrogens is 671 g/mol. The molecule has 254 valence electrons. The van der Waals surface area contributed by atoms with Gasteiger partial charge in [0.15, 0.2) is 0 Å². The van der Waals surface area contributed by atoms with E-state index in [0.29, 0.717) is 17.1 Å². The van der Waals surface area contributed by atoms with Crippen molar-refractivity contribution in [1.29, 1.82) is 0 Å². The minimum Gasteiger partial charge on any atom is -0.480 e. The number of carboxylic acids is 1. The second-order valence-electron chi connectivity index (χ2n) is 10.8. The Labute approximate surface area is 284 Å². The molecule has 3 aromatic carbocycles. The third kappa shape index (κ3) is 10.7. The molecule has 3 aromatic rings. The van der Waals surface area contributed by atoms with Crippen LogP contribution in [0, 0.1) is 0 Å². The standard InChI is InChI=1S/C33H33ClF3N5O5S/c34-27-9-7-21(16-26(27)33(35,36)37)18-39-41-32(47)25-17-24(42-12-2-1-3-13-42)8-10-28(25)40-31(46)23-6-4-5-22(15-23)20-48-14-11-29(43)38-19-30(44)45/h4-10,15-18H,1-3,11-14,19-20H2,(H,38,43)(H,40,46)(H,41,47)(H,44,45)/b39-18-. The van der Waals surface area contributed by atoms with E-state index in [2.05, 4.69) is 26.1 Å². The number of carboxylic acid groups (broad SMARTS) is 1. The molecule has 0 atom stereocenters. The summed E-state index contributed by atoms with van der Waals surface area (Å²) in [7, 11) is 0. The Balaban J connectivity index is 1.46. The lowest BCUT2D eigenvalue weighted by Gasteiger charge is -2.29. The Hall–Kier alpha value is -4.56. The number of nitrogens with zero attached hydrogens (tertiary/aromatic N) is 2. The van der Waals surface area contributed by atoms with Crippen LogP contribution in [0.15, 0.2) is 65.8 Å². The first-order valence-electron chi connectivity index (χ1n) is 15.0. The second kappa shape index (κ2) is 17.0. The average Bonchev–Trinajstić information content (AvgIpc) is 3.06. The number of carbonyl (C=O) groups is 4. The summed E-state index contributed by atoms with van der Waals surface area (Å²) in [5, 5.41) is 17.1. The molecule has 1 saturated heterocycles. The van der Waals surface area contributed by atoms with E-state index in [1.165, 1.54) is 17.8 Å². The number of alkyl halides is 3. The number of hydrogen-bond donors (Lipinski definition) is 4. The summed E-state index contributed by atoms with van der Waals surface area (Å²) in [5.41, 5.74) is 3.66. The van der Waals surface area contributed by atoms with Gasteiger partial charge in [-0.05, 0) is 72.9 Å². The number of hydrazone groups is 1. The lowest BCUT2D eigenvalue weighted by Crippen LogP contribution is -2.30. The number of hydrogen-bond acceptors (Lipinski definition) is 7. The number of benzene rings is 3. The summed E-state index contributed by atoms with van der Waals surface area (Å²) in [6.45, 7) is 1.18. The molecule has 10 nitrogen and oxygen atoms in total. The van der Waals surface area contributed by atoms with E-state index in [0.717, 1.165) is 62.0 Å². The van der Waals surface area contributed by atoms with Gasteiger partial charge >= 0.3 is 12.1 Å². The van der Waals surface area contributed by atoms with Crippen LogP contribution in [0.5, 0.6) is 0 Å². The van der Waals surface area contributed by atoms with Crippen LogP contribution in [0.3, 0.4) is 0 Å². The summed E-state index contributed by atoms with van der Waals surface area (Å²) in [6, 6.07) is 15.2. The smallest absolute Gasteiger partial charge is 0.417 e. The van der Waals surface area contributed by atoms with Crippen molar-refractivity contribution in [1.82, 2.24) is 10.7 Å². The minimum absolute atomic E-state index is 0.0714. The Morgan fingerprint density at radius 3 is 2.48 bits per heavy atom. The highest BCUT2D eigenvalue weighted by molar-refractivity contribution is 7.98. The molecule has 4 rings (SSSR count). The lowest BCUT2D eigenvalue weighted by molar-refractivity contribution is -0.138. The Morgan fingerprint density at radius 1 is 0.979 bits per heavy atom. The fourth-order valence-electron chi connectivity index (χ4n) is 4.86. The maximum Gasteiger partial charge on any atom is 0.417 e. The SMILES string of the molecule is O=C(O)CNC(=O)CCSCc1cccc(C(=O)Nc2ccc(N3CCCCC3)cc2C(=O)N/N=C\c2ccc(Cl)c(C(F)(F)F)c2)c1. The highest BCUT2D eigenvalue weighted by atomic mass is 35.5. The molecule has 48 heavy (non-hydrogen) atoms. The van der Waals surface area contributed by atoms with Gasteiger partial charge in [0, 0.05) is 42.3 Å². The molecule has 0 bridgehead atoms. The highest BCUT2D eigenvalue weighted by Gasteiger charge is 2.33. The predicted molar refractivity (Wildman–Crippen MR) is 180 cm³/mol. The van der Waals surface area contributed by atoms with Crippen LogP contribution in [-0.2, 0) is 21.5 Å². The third-order valence-corrected chi connectivity index (χ3v) is 8.62. The second-order valence-corrected chi connectivity index (χ2v) is 12.4. The average molecular weight is 704 g/mol. The molecule has 3 amide bonds. The zero-order valence-electron chi connectivity index (χ0n) is 25.6. The van der Waals surface area contributed by atoms with Crippen molar-refractivity contribution >= 4 is 64.6 Å². The van der Waals surface area contributed by atoms with E-state index >= 15 is 0 Å². The predicted octanol–water partition coefficient (Wildman–Crippen LogP) is 6.19. The van der Waals surface area contributed by atoms with E-state index in [1.54, 1.807) is 30.3 Å². The molecular formula is C33H33ClF3N5O5S. The van der Waals surface area contributed by atoms with Gasteiger partial charge in [-0.1, -0.05) is 29.8 Å². The van der Waals surface area contributed by atoms with E-state index in [-0.39, 0.29) is 29.1 Å². The summed E-state index contributed by atoms with van der Waals surface area (Å²) in [4.78, 5) is 51.1. The third-order valence-electron chi connectivity index (χ3n) is 7.26. The molecule has 0 aromatic heterocycles. The number of thioether (sulfide) groups is 1. The number of rotatable bonds is 13. The topological polar surface area (TPSA) is 140 Å². The van der Waals surface area contributed by atoms with Crippen LogP contribution in [0.1, 0.15) is 63.1 Å². The molecule has 15 heteroatoms. The van der Waals surface area contributed by atoms with Crippen LogP contribution in [0.25, 0.3) is 0 Å². The number of anilines is 2. The van der Waals surface area contributed by atoms with E-state index in [4.69, 9.17) is 16.7 Å². The van der Waals surface area contributed by atoms with Gasteiger partial charge < -0.3 is 20.6 Å². The van der Waals surface area contributed by atoms with Gasteiger partial charge in [-0.25, -0.2) is 5.43 Å². The number of nitrogens with one attached hydrogen (secondary N) is 3. The van der Waals surface area contributed by atoms with Gasteiger partial charge in [-0.2, -0.15) is 30.0 Å². The molecule has 1 fully saturated rings. The largest absolute Gasteiger partial charge is 0.480 e. The fraction of sp³-hybridized carbons (Fsp3) is 0.303. The molecule has 1 heterocycles. The quantitative estimate of drug-likeness (QED) is 0.0946. The van der Waals surface area contributed by atoms with E-state index in [9.17, 15) is 32.3 Å². The zero-order chi connectivity index (χ0) is 34.7. The van der Waals surface area contributed by atoms with Gasteiger partial charge in [0.2, 0.25) is 5.91 Å². The number of carbonyl (C=O) groups excluding carboxylic acids is 3. The van der Waals surface area contributed by atoms with Crippen molar-refractivity contribution < 1.29 is 37.5 Å². The van der Waals surface area contributed by atoms with Crippen molar-refractivity contribution in [2.75, 3.05) is 35.6 Å². The van der Waals surface area contributed by atoms with Crippen molar-refractivity contribution in [3.05, 3.63) is 93.5 Å². The summed E-state index contributed by atoms with van der Waals surface area (Å²) < 4.78 is 39.8. The molecule has 0 aliphatic carbocycles. The van der Waals surface area contributed by atoms with Crippen LogP contribution in [0.4, 0.5) is 24.5 Å². The molecule has 4 N–H and O–H groups in total. The highest BCUT2D eigenvalue weighted by Crippen LogP contribution is 2.35. The van der Waals surface area contributed by atoms with Gasteiger partial charge in [0.25, 0.3) is 11.8 Å². The number of piperidine rings is 1. The van der Waals surface area contributed by atoms with Gasteiger partial charge in [0.1, 0.15) is 6.54 Å². The molecule has 0 unspecified atom stereocenters. The molecule has 1 aliphatic rings. The zero-order valence-corrected chi connectivity index (χ0v) is 27.2. The monoisotopic (exact) mass is 703 g/mol. The Bertz CT molecular complexity index is 1680. The first-order valence-corrected chi connectivity index (χ1v) is 16.5. The van der Waals surface area contributed by atoms with Gasteiger partial charge in [0.05, 0.1) is 28.1 Å². The van der Waals surface area contributed by atoms with Crippen molar-refractivity contribution in [2.24, 2.45) is 5.10 Å². The van der Waals surface area contributed by atoms with Crippen LogP contribution in [0.2, 0.25) is 5.02 Å². The van der Waals surface area contributed by atoms with Crippen LogP contribution < -0.4 is 21.0 Å². The lowest BCUT2D eigenvalue weighted by atomic mass is 10.1. The maximum atomic E-state index is 13.4. The van der Waals surface area contributed by atoms with E-state index in [1.807, 2.05) is 12.1 Å². The number of halogens is 4. The Kier molecular flexibility index (Phi) is 12.9. The molecule has 0 radical (unpaired) electrons. The van der Waals surface area contributed by atoms with Gasteiger partial charge in [-0.15, -0.1) is 0 Å².